The van der Waals surface area contributed by atoms with Crippen molar-refractivity contribution < 1.29 is 4.79 Å². The standard InChI is InChI=1S/C12H23N3O/c1-9-3-2-4-11(7-13)15(9)8-12(16)14-10-5-6-10/h9-11H,2-8,13H2,1H3,(H,14,16). The smallest absolute Gasteiger partial charge is 0.234 e. The van der Waals surface area contributed by atoms with Gasteiger partial charge in [-0.3, -0.25) is 9.69 Å². The zero-order chi connectivity index (χ0) is 11.5. The van der Waals surface area contributed by atoms with Gasteiger partial charge in [0.25, 0.3) is 0 Å². The van der Waals surface area contributed by atoms with Crippen molar-refractivity contribution in [1.82, 2.24) is 10.2 Å². The van der Waals surface area contributed by atoms with Gasteiger partial charge in [0.05, 0.1) is 6.54 Å². The van der Waals surface area contributed by atoms with E-state index in [-0.39, 0.29) is 5.91 Å². The van der Waals surface area contributed by atoms with E-state index in [1.807, 2.05) is 0 Å². The van der Waals surface area contributed by atoms with E-state index < -0.39 is 0 Å². The predicted molar refractivity (Wildman–Crippen MR) is 64.0 cm³/mol. The molecule has 0 spiro atoms. The van der Waals surface area contributed by atoms with Gasteiger partial charge in [0.1, 0.15) is 0 Å². The molecule has 2 fully saturated rings. The number of likely N-dealkylation sites (tertiary alicyclic amines) is 1. The van der Waals surface area contributed by atoms with Gasteiger partial charge in [0.15, 0.2) is 0 Å². The van der Waals surface area contributed by atoms with Crippen LogP contribution in [0.25, 0.3) is 0 Å². The number of carbonyl (C=O) groups excluding carboxylic acids is 1. The number of carbonyl (C=O) groups is 1. The highest BCUT2D eigenvalue weighted by Gasteiger charge is 2.30. The third kappa shape index (κ3) is 2.95. The highest BCUT2D eigenvalue weighted by molar-refractivity contribution is 5.78. The summed E-state index contributed by atoms with van der Waals surface area (Å²) >= 11 is 0. The maximum Gasteiger partial charge on any atom is 0.234 e. The summed E-state index contributed by atoms with van der Waals surface area (Å²) in [5.41, 5.74) is 5.77. The fourth-order valence-corrected chi connectivity index (χ4v) is 2.55. The molecule has 1 saturated carbocycles. The summed E-state index contributed by atoms with van der Waals surface area (Å²) in [7, 11) is 0. The first-order chi connectivity index (χ1) is 7.70. The van der Waals surface area contributed by atoms with Crippen LogP contribution < -0.4 is 11.1 Å². The molecule has 0 aromatic rings. The molecule has 1 aliphatic carbocycles. The van der Waals surface area contributed by atoms with E-state index in [2.05, 4.69) is 17.1 Å². The Kier molecular flexibility index (Phi) is 3.82. The lowest BCUT2D eigenvalue weighted by Crippen LogP contribution is -2.52. The SMILES string of the molecule is CC1CCCC(CN)N1CC(=O)NC1CC1. The van der Waals surface area contributed by atoms with Gasteiger partial charge in [0.2, 0.25) is 5.91 Å². The number of rotatable bonds is 4. The van der Waals surface area contributed by atoms with Crippen LogP contribution in [0.5, 0.6) is 0 Å². The summed E-state index contributed by atoms with van der Waals surface area (Å²) in [5.74, 6) is 0.176. The normalized spacial score (nSPS) is 31.4. The number of nitrogens with zero attached hydrogens (tertiary/aromatic N) is 1. The van der Waals surface area contributed by atoms with Crippen molar-refractivity contribution in [3.05, 3.63) is 0 Å². The molecule has 0 radical (unpaired) electrons. The van der Waals surface area contributed by atoms with Crippen LogP contribution in [-0.2, 0) is 4.79 Å². The number of amides is 1. The van der Waals surface area contributed by atoms with Crippen molar-refractivity contribution in [3.8, 4) is 0 Å². The lowest BCUT2D eigenvalue weighted by atomic mass is 9.96. The van der Waals surface area contributed by atoms with Crippen molar-refractivity contribution >= 4 is 5.91 Å². The molecule has 0 aromatic heterocycles. The zero-order valence-corrected chi connectivity index (χ0v) is 10.1. The summed E-state index contributed by atoms with van der Waals surface area (Å²) in [6.07, 6.45) is 5.87. The first-order valence-corrected chi connectivity index (χ1v) is 6.46. The van der Waals surface area contributed by atoms with Gasteiger partial charge in [-0.25, -0.2) is 0 Å². The van der Waals surface area contributed by atoms with E-state index in [1.54, 1.807) is 0 Å². The largest absolute Gasteiger partial charge is 0.352 e. The molecule has 92 valence electrons. The van der Waals surface area contributed by atoms with E-state index in [0.29, 0.717) is 31.2 Å². The molecule has 0 bridgehead atoms. The summed E-state index contributed by atoms with van der Waals surface area (Å²) < 4.78 is 0. The maximum absolute atomic E-state index is 11.8. The van der Waals surface area contributed by atoms with Crippen LogP contribution in [0.2, 0.25) is 0 Å². The van der Waals surface area contributed by atoms with Gasteiger partial charge in [-0.2, -0.15) is 0 Å². The number of hydrogen-bond acceptors (Lipinski definition) is 3. The minimum atomic E-state index is 0.176. The molecule has 2 aliphatic rings. The van der Waals surface area contributed by atoms with Crippen LogP contribution in [0.15, 0.2) is 0 Å². The Labute approximate surface area is 97.6 Å². The molecule has 4 heteroatoms. The van der Waals surface area contributed by atoms with Gasteiger partial charge in [0, 0.05) is 24.7 Å². The second-order valence-corrected chi connectivity index (χ2v) is 5.18. The van der Waals surface area contributed by atoms with Crippen molar-refractivity contribution in [2.45, 2.75) is 57.2 Å². The first kappa shape index (κ1) is 11.9. The van der Waals surface area contributed by atoms with Gasteiger partial charge >= 0.3 is 0 Å². The van der Waals surface area contributed by atoms with Crippen LogP contribution in [0.1, 0.15) is 39.0 Å². The second kappa shape index (κ2) is 5.15. The molecule has 16 heavy (non-hydrogen) atoms. The van der Waals surface area contributed by atoms with Crippen molar-refractivity contribution in [2.24, 2.45) is 5.73 Å². The molecule has 1 heterocycles. The molecule has 1 amide bonds. The fourth-order valence-electron chi connectivity index (χ4n) is 2.55. The molecule has 2 atom stereocenters. The summed E-state index contributed by atoms with van der Waals surface area (Å²) in [4.78, 5) is 14.1. The number of nitrogens with two attached hydrogens (primary N) is 1. The van der Waals surface area contributed by atoms with Gasteiger partial charge in [-0.1, -0.05) is 6.42 Å². The Morgan fingerprint density at radius 2 is 2.12 bits per heavy atom. The molecule has 4 nitrogen and oxygen atoms in total. The highest BCUT2D eigenvalue weighted by Crippen LogP contribution is 2.22. The third-order valence-electron chi connectivity index (χ3n) is 3.74. The van der Waals surface area contributed by atoms with Crippen LogP contribution in [0.3, 0.4) is 0 Å². The Balaban J connectivity index is 1.85. The monoisotopic (exact) mass is 225 g/mol. The van der Waals surface area contributed by atoms with Crippen LogP contribution in [0.4, 0.5) is 0 Å². The minimum Gasteiger partial charge on any atom is -0.352 e. The first-order valence-electron chi connectivity index (χ1n) is 6.46. The topological polar surface area (TPSA) is 58.4 Å². The number of piperidine rings is 1. The molecule has 2 unspecified atom stereocenters. The predicted octanol–water partition coefficient (Wildman–Crippen LogP) is 0.467. The molecule has 0 aromatic carbocycles. The Hall–Kier alpha value is -0.610. The van der Waals surface area contributed by atoms with Crippen LogP contribution in [-0.4, -0.2) is 42.0 Å². The molecule has 1 saturated heterocycles. The molecule has 3 N–H and O–H groups in total. The lowest BCUT2D eigenvalue weighted by molar-refractivity contribution is -0.124. The minimum absolute atomic E-state index is 0.176. The van der Waals surface area contributed by atoms with E-state index in [0.717, 1.165) is 19.3 Å². The number of hydrogen-bond donors (Lipinski definition) is 2. The zero-order valence-electron chi connectivity index (χ0n) is 10.1. The van der Waals surface area contributed by atoms with E-state index in [4.69, 9.17) is 5.73 Å². The molecular formula is C12H23N3O. The van der Waals surface area contributed by atoms with Crippen molar-refractivity contribution in [1.29, 1.82) is 0 Å². The Bertz CT molecular complexity index is 253. The maximum atomic E-state index is 11.8. The van der Waals surface area contributed by atoms with E-state index >= 15 is 0 Å². The molecule has 2 rings (SSSR count). The average Bonchev–Trinajstić information content (AvgIpc) is 3.05. The van der Waals surface area contributed by atoms with E-state index in [9.17, 15) is 4.79 Å². The van der Waals surface area contributed by atoms with Crippen molar-refractivity contribution in [3.63, 3.8) is 0 Å². The third-order valence-corrected chi connectivity index (χ3v) is 3.74. The van der Waals surface area contributed by atoms with E-state index in [1.165, 1.54) is 12.8 Å². The molecular weight excluding hydrogens is 202 g/mol. The number of nitrogens with one attached hydrogen (secondary N) is 1. The fraction of sp³-hybridized carbons (Fsp3) is 0.917. The summed E-state index contributed by atoms with van der Waals surface area (Å²) in [6.45, 7) is 3.40. The van der Waals surface area contributed by atoms with Crippen LogP contribution >= 0.6 is 0 Å². The van der Waals surface area contributed by atoms with Gasteiger partial charge in [-0.05, 0) is 32.6 Å². The molecule has 1 aliphatic heterocycles. The quantitative estimate of drug-likeness (QED) is 0.731. The summed E-state index contributed by atoms with van der Waals surface area (Å²) in [5, 5.41) is 3.04. The van der Waals surface area contributed by atoms with Gasteiger partial charge < -0.3 is 11.1 Å². The lowest BCUT2D eigenvalue weighted by Gasteiger charge is -2.39. The summed E-state index contributed by atoms with van der Waals surface area (Å²) in [6, 6.07) is 1.35. The van der Waals surface area contributed by atoms with Crippen LogP contribution in [0, 0.1) is 0 Å². The van der Waals surface area contributed by atoms with Crippen molar-refractivity contribution in [2.75, 3.05) is 13.1 Å². The Morgan fingerprint density at radius 3 is 2.75 bits per heavy atom. The highest BCUT2D eigenvalue weighted by atomic mass is 16.2. The average molecular weight is 225 g/mol. The Morgan fingerprint density at radius 1 is 1.38 bits per heavy atom. The second-order valence-electron chi connectivity index (χ2n) is 5.18. The van der Waals surface area contributed by atoms with Gasteiger partial charge in [-0.15, -0.1) is 0 Å².